The van der Waals surface area contributed by atoms with Crippen molar-refractivity contribution in [1.29, 1.82) is 0 Å². The Bertz CT molecular complexity index is 746. The van der Waals surface area contributed by atoms with Gasteiger partial charge >= 0.3 is 0 Å². The fraction of sp³-hybridized carbons (Fsp3) is 0.444. The summed E-state index contributed by atoms with van der Waals surface area (Å²) in [6, 6.07) is 11.3. The Balaban J connectivity index is 1.62. The van der Waals surface area contributed by atoms with Gasteiger partial charge in [-0.1, -0.05) is 41.9 Å². The van der Waals surface area contributed by atoms with Crippen LogP contribution in [0.3, 0.4) is 0 Å². The maximum absolute atomic E-state index is 11.9. The molecule has 1 aromatic heterocycles. The molecule has 0 spiro atoms. The van der Waals surface area contributed by atoms with E-state index in [1.807, 2.05) is 6.07 Å². The second kappa shape index (κ2) is 7.36. The minimum atomic E-state index is -0.267. The van der Waals surface area contributed by atoms with Crippen molar-refractivity contribution in [2.45, 2.75) is 38.4 Å². The molecule has 128 valence electrons. The van der Waals surface area contributed by atoms with Crippen LogP contribution in [-0.2, 0) is 13.6 Å². The van der Waals surface area contributed by atoms with Crippen LogP contribution in [0.1, 0.15) is 25.3 Å². The van der Waals surface area contributed by atoms with E-state index >= 15 is 0 Å². The van der Waals surface area contributed by atoms with Gasteiger partial charge in [0.25, 0.3) is 5.56 Å². The van der Waals surface area contributed by atoms with Gasteiger partial charge in [-0.25, -0.2) is 4.68 Å². The third-order valence-electron chi connectivity index (χ3n) is 4.68. The minimum absolute atomic E-state index is 0.215. The van der Waals surface area contributed by atoms with Gasteiger partial charge in [0.2, 0.25) is 0 Å². The summed E-state index contributed by atoms with van der Waals surface area (Å²) in [4.78, 5) is 14.4. The number of nitrogens with one attached hydrogen (secondary N) is 1. The summed E-state index contributed by atoms with van der Waals surface area (Å²) in [5.74, 6) is 0. The molecular weight excluding hydrogens is 324 g/mol. The topological polar surface area (TPSA) is 50.2 Å². The van der Waals surface area contributed by atoms with Crippen LogP contribution < -0.4 is 10.9 Å². The molecule has 24 heavy (non-hydrogen) atoms. The highest BCUT2D eigenvalue weighted by atomic mass is 35.5. The van der Waals surface area contributed by atoms with E-state index in [1.165, 1.54) is 10.2 Å². The minimum Gasteiger partial charge on any atom is -0.380 e. The number of hydrogen-bond donors (Lipinski definition) is 1. The van der Waals surface area contributed by atoms with Gasteiger partial charge in [0, 0.05) is 32.2 Å². The average molecular weight is 347 g/mol. The number of rotatable bonds is 4. The Hall–Kier alpha value is -1.85. The molecule has 1 N–H and O–H groups in total. The molecule has 1 aromatic carbocycles. The zero-order valence-electron chi connectivity index (χ0n) is 14.1. The van der Waals surface area contributed by atoms with Crippen molar-refractivity contribution in [2.75, 3.05) is 11.9 Å². The first-order valence-electron chi connectivity index (χ1n) is 8.31. The standard InChI is InChI=1S/C18H23ClN4O/c1-13-10-15(21-16-11-20-22(2)18(24)17(16)19)8-9-23(13)12-14-6-4-3-5-7-14/h3-7,11,13,15,21H,8-10,12H2,1-2H3/t13-,15+/m0/s1. The molecule has 0 aliphatic carbocycles. The van der Waals surface area contributed by atoms with Crippen LogP contribution in [0.15, 0.2) is 41.3 Å². The lowest BCUT2D eigenvalue weighted by atomic mass is 9.97. The Morgan fingerprint density at radius 2 is 2.08 bits per heavy atom. The fourth-order valence-corrected chi connectivity index (χ4v) is 3.46. The molecule has 6 heteroatoms. The van der Waals surface area contributed by atoms with Gasteiger partial charge in [-0.15, -0.1) is 0 Å². The molecule has 0 saturated carbocycles. The van der Waals surface area contributed by atoms with Crippen molar-refractivity contribution in [1.82, 2.24) is 14.7 Å². The van der Waals surface area contributed by atoms with Crippen LogP contribution in [0, 0.1) is 0 Å². The lowest BCUT2D eigenvalue weighted by Gasteiger charge is -2.38. The van der Waals surface area contributed by atoms with Crippen molar-refractivity contribution >= 4 is 17.3 Å². The Kier molecular flexibility index (Phi) is 5.21. The van der Waals surface area contributed by atoms with Gasteiger partial charge < -0.3 is 5.32 Å². The molecule has 1 aliphatic rings. The Labute approximate surface area is 147 Å². The molecule has 0 unspecified atom stereocenters. The smallest absolute Gasteiger partial charge is 0.287 e. The quantitative estimate of drug-likeness (QED) is 0.924. The molecular formula is C18H23ClN4O. The summed E-state index contributed by atoms with van der Waals surface area (Å²) in [7, 11) is 1.60. The molecule has 1 aliphatic heterocycles. The largest absolute Gasteiger partial charge is 0.380 e. The number of halogens is 1. The van der Waals surface area contributed by atoms with Crippen molar-refractivity contribution < 1.29 is 0 Å². The zero-order valence-corrected chi connectivity index (χ0v) is 14.8. The van der Waals surface area contributed by atoms with E-state index in [1.54, 1.807) is 13.2 Å². The van der Waals surface area contributed by atoms with Crippen molar-refractivity contribution in [3.8, 4) is 0 Å². The third-order valence-corrected chi connectivity index (χ3v) is 5.05. The molecule has 2 atom stereocenters. The predicted molar refractivity (Wildman–Crippen MR) is 97.4 cm³/mol. The number of nitrogens with zero attached hydrogens (tertiary/aromatic N) is 3. The number of aryl methyl sites for hydroxylation is 1. The van der Waals surface area contributed by atoms with Gasteiger partial charge in [0.05, 0.1) is 11.9 Å². The lowest BCUT2D eigenvalue weighted by Crippen LogP contribution is -2.44. The molecule has 0 bridgehead atoms. The Morgan fingerprint density at radius 3 is 2.79 bits per heavy atom. The summed E-state index contributed by atoms with van der Waals surface area (Å²) >= 11 is 6.14. The van der Waals surface area contributed by atoms with Crippen molar-refractivity contribution in [3.63, 3.8) is 0 Å². The summed E-state index contributed by atoms with van der Waals surface area (Å²) in [5, 5.41) is 7.65. The SMILES string of the molecule is C[C@H]1C[C@H](Nc2cnn(C)c(=O)c2Cl)CCN1Cc1ccccc1. The number of likely N-dealkylation sites (tertiary alicyclic amines) is 1. The first-order valence-corrected chi connectivity index (χ1v) is 8.68. The van der Waals surface area contributed by atoms with E-state index in [9.17, 15) is 4.79 Å². The van der Waals surface area contributed by atoms with E-state index < -0.39 is 0 Å². The summed E-state index contributed by atoms with van der Waals surface area (Å²) in [6.07, 6.45) is 3.66. The molecule has 3 rings (SSSR count). The summed E-state index contributed by atoms with van der Waals surface area (Å²) in [6.45, 7) is 4.24. The number of anilines is 1. The van der Waals surface area contributed by atoms with Crippen molar-refractivity contribution in [3.05, 3.63) is 57.5 Å². The van der Waals surface area contributed by atoms with Crippen LogP contribution in [-0.4, -0.2) is 33.3 Å². The number of piperidine rings is 1. The first-order chi connectivity index (χ1) is 11.5. The Morgan fingerprint density at radius 1 is 1.33 bits per heavy atom. The average Bonchev–Trinajstić information content (AvgIpc) is 2.59. The number of aromatic nitrogens is 2. The molecule has 0 radical (unpaired) electrons. The van der Waals surface area contributed by atoms with Crippen LogP contribution in [0.4, 0.5) is 5.69 Å². The van der Waals surface area contributed by atoms with Crippen LogP contribution in [0.5, 0.6) is 0 Å². The summed E-state index contributed by atoms with van der Waals surface area (Å²) < 4.78 is 1.25. The van der Waals surface area contributed by atoms with Crippen LogP contribution >= 0.6 is 11.6 Å². The van der Waals surface area contributed by atoms with Gasteiger partial charge in [-0.2, -0.15) is 5.10 Å². The highest BCUT2D eigenvalue weighted by Crippen LogP contribution is 2.24. The third kappa shape index (κ3) is 3.79. The number of hydrogen-bond acceptors (Lipinski definition) is 4. The second-order valence-corrected chi connectivity index (χ2v) is 6.85. The molecule has 5 nitrogen and oxygen atoms in total. The van der Waals surface area contributed by atoms with Gasteiger partial charge in [-0.05, 0) is 25.3 Å². The van der Waals surface area contributed by atoms with E-state index in [-0.39, 0.29) is 10.6 Å². The zero-order chi connectivity index (χ0) is 17.1. The van der Waals surface area contributed by atoms with E-state index in [0.717, 1.165) is 25.9 Å². The molecule has 0 amide bonds. The van der Waals surface area contributed by atoms with Gasteiger partial charge in [0.15, 0.2) is 0 Å². The number of benzene rings is 1. The molecule has 1 saturated heterocycles. The molecule has 1 fully saturated rings. The van der Waals surface area contributed by atoms with Gasteiger partial charge in [-0.3, -0.25) is 9.69 Å². The van der Waals surface area contributed by atoms with Crippen LogP contribution in [0.2, 0.25) is 5.02 Å². The van der Waals surface area contributed by atoms with Crippen molar-refractivity contribution in [2.24, 2.45) is 7.05 Å². The maximum Gasteiger partial charge on any atom is 0.287 e. The summed E-state index contributed by atoms with van der Waals surface area (Å²) in [5.41, 5.74) is 1.71. The molecule has 2 aromatic rings. The monoisotopic (exact) mass is 346 g/mol. The second-order valence-electron chi connectivity index (χ2n) is 6.47. The van der Waals surface area contributed by atoms with E-state index in [4.69, 9.17) is 11.6 Å². The lowest BCUT2D eigenvalue weighted by molar-refractivity contribution is 0.144. The first kappa shape index (κ1) is 17.0. The normalized spacial score (nSPS) is 21.6. The van der Waals surface area contributed by atoms with E-state index in [2.05, 4.69) is 46.5 Å². The fourth-order valence-electron chi connectivity index (χ4n) is 3.24. The highest BCUT2D eigenvalue weighted by Gasteiger charge is 2.26. The highest BCUT2D eigenvalue weighted by molar-refractivity contribution is 6.32. The van der Waals surface area contributed by atoms with Crippen LogP contribution in [0.25, 0.3) is 0 Å². The van der Waals surface area contributed by atoms with Gasteiger partial charge in [0.1, 0.15) is 5.02 Å². The molecule has 2 heterocycles. The van der Waals surface area contributed by atoms with E-state index in [0.29, 0.717) is 17.8 Å². The predicted octanol–water partition coefficient (Wildman–Crippen LogP) is 2.90. The maximum atomic E-state index is 11.9.